The number of ether oxygens (including phenoxy) is 1. The third-order valence-electron chi connectivity index (χ3n) is 3.86. The molecular formula is C15H28N2O4. The monoisotopic (exact) mass is 300 g/mol. The normalized spacial score (nSPS) is 25.3. The Labute approximate surface area is 126 Å². The number of aliphatic carboxylic acids is 1. The average Bonchev–Trinajstić information content (AvgIpc) is 2.42. The van der Waals surface area contributed by atoms with Crippen molar-refractivity contribution in [1.29, 1.82) is 0 Å². The predicted octanol–water partition coefficient (Wildman–Crippen LogP) is 2.14. The first kappa shape index (κ1) is 17.8. The van der Waals surface area contributed by atoms with Crippen LogP contribution < -0.4 is 10.6 Å². The van der Waals surface area contributed by atoms with Crippen molar-refractivity contribution in [3.63, 3.8) is 0 Å². The van der Waals surface area contributed by atoms with E-state index in [2.05, 4.69) is 10.6 Å². The number of carbonyl (C=O) groups excluding carboxylic acids is 1. The summed E-state index contributed by atoms with van der Waals surface area (Å²) < 4.78 is 5.32. The van der Waals surface area contributed by atoms with Crippen LogP contribution in [0, 0.1) is 5.92 Å². The number of rotatable bonds is 8. The van der Waals surface area contributed by atoms with Gasteiger partial charge in [0.2, 0.25) is 0 Å². The Morgan fingerprint density at radius 2 is 2.14 bits per heavy atom. The molecule has 1 aliphatic rings. The molecule has 0 spiro atoms. The van der Waals surface area contributed by atoms with Crippen LogP contribution in [0.25, 0.3) is 0 Å². The number of hydrogen-bond donors (Lipinski definition) is 3. The molecule has 6 heteroatoms. The summed E-state index contributed by atoms with van der Waals surface area (Å²) in [5.74, 6) is -0.618. The molecule has 1 aliphatic carbocycles. The minimum Gasteiger partial charge on any atom is -0.480 e. The maximum atomic E-state index is 11.9. The van der Waals surface area contributed by atoms with Gasteiger partial charge in [0.1, 0.15) is 5.54 Å². The zero-order valence-electron chi connectivity index (χ0n) is 13.1. The highest BCUT2D eigenvalue weighted by Crippen LogP contribution is 2.32. The van der Waals surface area contributed by atoms with Crippen molar-refractivity contribution < 1.29 is 19.4 Å². The van der Waals surface area contributed by atoms with Gasteiger partial charge < -0.3 is 20.5 Å². The van der Waals surface area contributed by atoms with Crippen molar-refractivity contribution in [2.75, 3.05) is 19.8 Å². The van der Waals surface area contributed by atoms with Crippen LogP contribution in [0.5, 0.6) is 0 Å². The van der Waals surface area contributed by atoms with Gasteiger partial charge in [0.25, 0.3) is 0 Å². The highest BCUT2D eigenvalue weighted by atomic mass is 16.5. The van der Waals surface area contributed by atoms with Gasteiger partial charge >= 0.3 is 12.0 Å². The third kappa shape index (κ3) is 5.91. The number of carboxylic acid groups (broad SMARTS) is 1. The molecule has 1 fully saturated rings. The Morgan fingerprint density at radius 1 is 1.38 bits per heavy atom. The Bertz CT molecular complexity index is 349. The lowest BCUT2D eigenvalue weighted by atomic mass is 9.76. The van der Waals surface area contributed by atoms with Gasteiger partial charge in [-0.1, -0.05) is 26.7 Å². The van der Waals surface area contributed by atoms with Gasteiger partial charge in [-0.05, 0) is 31.6 Å². The van der Waals surface area contributed by atoms with Crippen molar-refractivity contribution >= 4 is 12.0 Å². The van der Waals surface area contributed by atoms with Crippen LogP contribution in [0.15, 0.2) is 0 Å². The lowest BCUT2D eigenvalue weighted by Crippen LogP contribution is -2.59. The van der Waals surface area contributed by atoms with Crippen LogP contribution in [0.1, 0.15) is 52.4 Å². The molecule has 0 aromatic heterocycles. The Kier molecular flexibility index (Phi) is 7.50. The van der Waals surface area contributed by atoms with Crippen molar-refractivity contribution in [3.05, 3.63) is 0 Å². The molecule has 3 N–H and O–H groups in total. The molecule has 2 atom stereocenters. The highest BCUT2D eigenvalue weighted by molar-refractivity contribution is 5.86. The molecule has 21 heavy (non-hydrogen) atoms. The van der Waals surface area contributed by atoms with Crippen molar-refractivity contribution in [2.24, 2.45) is 5.92 Å². The Morgan fingerprint density at radius 3 is 2.76 bits per heavy atom. The fraction of sp³-hybridized carbons (Fsp3) is 0.867. The van der Waals surface area contributed by atoms with Gasteiger partial charge in [0.15, 0.2) is 0 Å². The van der Waals surface area contributed by atoms with Crippen molar-refractivity contribution in [1.82, 2.24) is 10.6 Å². The zero-order chi connectivity index (χ0) is 15.7. The molecule has 6 nitrogen and oxygen atoms in total. The molecule has 122 valence electrons. The van der Waals surface area contributed by atoms with E-state index in [4.69, 9.17) is 4.74 Å². The standard InChI is InChI=1S/C15H28N2O4/c1-3-9-21-10-5-8-16-14(20)17-15(13(18)19)7-4-6-12(2)11-15/h12H,3-11H2,1-2H3,(H,18,19)(H2,16,17,20). The number of nitrogens with one attached hydrogen (secondary N) is 2. The van der Waals surface area contributed by atoms with Crippen molar-refractivity contribution in [3.8, 4) is 0 Å². The van der Waals surface area contributed by atoms with Crippen LogP contribution in [-0.2, 0) is 9.53 Å². The summed E-state index contributed by atoms with van der Waals surface area (Å²) in [4.78, 5) is 23.4. The number of carbonyl (C=O) groups is 2. The molecule has 0 aliphatic heterocycles. The fourth-order valence-electron chi connectivity index (χ4n) is 2.80. The summed E-state index contributed by atoms with van der Waals surface area (Å²) in [6, 6.07) is -0.401. The molecular weight excluding hydrogens is 272 g/mol. The van der Waals surface area contributed by atoms with E-state index < -0.39 is 17.5 Å². The molecule has 1 rings (SSSR count). The minimum atomic E-state index is -1.11. The molecule has 2 amide bonds. The van der Waals surface area contributed by atoms with E-state index in [1.165, 1.54) is 0 Å². The number of carboxylic acids is 1. The lowest BCUT2D eigenvalue weighted by molar-refractivity contribution is -0.146. The third-order valence-corrected chi connectivity index (χ3v) is 3.86. The Hall–Kier alpha value is -1.30. The molecule has 0 aromatic carbocycles. The molecule has 0 saturated heterocycles. The number of amides is 2. The van der Waals surface area contributed by atoms with Gasteiger partial charge in [-0.15, -0.1) is 0 Å². The summed E-state index contributed by atoms with van der Waals surface area (Å²) >= 11 is 0. The first-order valence-electron chi connectivity index (χ1n) is 7.87. The van der Waals surface area contributed by atoms with Gasteiger partial charge in [0, 0.05) is 19.8 Å². The zero-order valence-corrected chi connectivity index (χ0v) is 13.1. The summed E-state index contributed by atoms with van der Waals surface area (Å²) in [6.07, 6.45) is 4.55. The van der Waals surface area contributed by atoms with E-state index in [0.717, 1.165) is 32.3 Å². The van der Waals surface area contributed by atoms with Crippen molar-refractivity contribution in [2.45, 2.75) is 57.9 Å². The highest BCUT2D eigenvalue weighted by Gasteiger charge is 2.43. The first-order chi connectivity index (χ1) is 10.00. The molecule has 0 aromatic rings. The number of urea groups is 1. The topological polar surface area (TPSA) is 87.7 Å². The summed E-state index contributed by atoms with van der Waals surface area (Å²) in [5, 5.41) is 14.8. The van der Waals surface area contributed by atoms with E-state index in [0.29, 0.717) is 31.9 Å². The van der Waals surface area contributed by atoms with Gasteiger partial charge in [-0.2, -0.15) is 0 Å². The quantitative estimate of drug-likeness (QED) is 0.599. The first-order valence-corrected chi connectivity index (χ1v) is 7.87. The maximum Gasteiger partial charge on any atom is 0.329 e. The van der Waals surface area contributed by atoms with Crippen LogP contribution in [0.4, 0.5) is 4.79 Å². The van der Waals surface area contributed by atoms with E-state index in [9.17, 15) is 14.7 Å². The van der Waals surface area contributed by atoms with Gasteiger partial charge in [0.05, 0.1) is 0 Å². The minimum absolute atomic E-state index is 0.317. The fourth-order valence-corrected chi connectivity index (χ4v) is 2.80. The molecule has 0 radical (unpaired) electrons. The smallest absolute Gasteiger partial charge is 0.329 e. The van der Waals surface area contributed by atoms with Gasteiger partial charge in [-0.25, -0.2) is 9.59 Å². The average molecular weight is 300 g/mol. The second-order valence-corrected chi connectivity index (χ2v) is 5.94. The summed E-state index contributed by atoms with van der Waals surface area (Å²) in [7, 11) is 0. The lowest BCUT2D eigenvalue weighted by Gasteiger charge is -2.37. The second-order valence-electron chi connectivity index (χ2n) is 5.94. The Balaban J connectivity index is 2.34. The van der Waals surface area contributed by atoms with E-state index in [1.807, 2.05) is 13.8 Å². The largest absolute Gasteiger partial charge is 0.480 e. The van der Waals surface area contributed by atoms with Crippen LogP contribution in [-0.4, -0.2) is 42.4 Å². The van der Waals surface area contributed by atoms with Gasteiger partial charge in [-0.3, -0.25) is 0 Å². The molecule has 0 heterocycles. The maximum absolute atomic E-state index is 11.9. The number of hydrogen-bond acceptors (Lipinski definition) is 3. The SMILES string of the molecule is CCCOCCCNC(=O)NC1(C(=O)O)CCCC(C)C1. The molecule has 1 saturated carbocycles. The van der Waals surface area contributed by atoms with E-state index in [1.54, 1.807) is 0 Å². The van der Waals surface area contributed by atoms with Crippen LogP contribution in [0.3, 0.4) is 0 Å². The predicted molar refractivity (Wildman–Crippen MR) is 80.3 cm³/mol. The van der Waals surface area contributed by atoms with E-state index >= 15 is 0 Å². The molecule has 2 unspecified atom stereocenters. The van der Waals surface area contributed by atoms with Crippen LogP contribution in [0.2, 0.25) is 0 Å². The van der Waals surface area contributed by atoms with E-state index in [-0.39, 0.29) is 0 Å². The summed E-state index contributed by atoms with van der Waals surface area (Å²) in [6.45, 7) is 5.89. The van der Waals surface area contributed by atoms with Crippen LogP contribution >= 0.6 is 0 Å². The molecule has 0 bridgehead atoms. The second kappa shape index (κ2) is 8.87. The summed E-state index contributed by atoms with van der Waals surface area (Å²) in [5.41, 5.74) is -1.11.